The van der Waals surface area contributed by atoms with E-state index in [1.165, 1.54) is 29.8 Å². The molecule has 2 aliphatic rings. The van der Waals surface area contributed by atoms with Gasteiger partial charge in [-0.2, -0.15) is 0 Å². The lowest BCUT2D eigenvalue weighted by atomic mass is 9.83. The Morgan fingerprint density at radius 1 is 0.795 bits per heavy atom. The van der Waals surface area contributed by atoms with E-state index in [9.17, 15) is 13.6 Å². The molecule has 5 nitrogen and oxygen atoms in total. The predicted octanol–water partition coefficient (Wildman–Crippen LogP) is 5.90. The fourth-order valence-corrected chi connectivity index (χ4v) is 6.33. The minimum Gasteiger partial charge on any atom is -0.327 e. The molecule has 3 unspecified atom stereocenters. The summed E-state index contributed by atoms with van der Waals surface area (Å²) in [6, 6.07) is 23.4. The van der Waals surface area contributed by atoms with Crippen LogP contribution in [0.5, 0.6) is 0 Å². The number of benzene rings is 3. The Kier molecular flexibility index (Phi) is 8.58. The molecule has 2 saturated heterocycles. The molecular formula is C32H38F2N4O. The first-order valence-corrected chi connectivity index (χ1v) is 14.0. The number of urea groups is 1. The molecule has 2 aliphatic heterocycles. The lowest BCUT2D eigenvalue weighted by Gasteiger charge is -2.46. The van der Waals surface area contributed by atoms with E-state index in [4.69, 9.17) is 0 Å². The summed E-state index contributed by atoms with van der Waals surface area (Å²) >= 11 is 0. The van der Waals surface area contributed by atoms with Crippen LogP contribution in [0.1, 0.15) is 55.5 Å². The van der Waals surface area contributed by atoms with Crippen molar-refractivity contribution in [2.75, 3.05) is 26.2 Å². The fourth-order valence-electron chi connectivity index (χ4n) is 6.33. The summed E-state index contributed by atoms with van der Waals surface area (Å²) in [6.07, 6.45) is 1.83. The van der Waals surface area contributed by atoms with E-state index >= 15 is 0 Å². The molecule has 206 valence electrons. The molecule has 3 aromatic rings. The number of hydrogen-bond donors (Lipinski definition) is 2. The second kappa shape index (κ2) is 12.3. The quantitative estimate of drug-likeness (QED) is 0.416. The Morgan fingerprint density at radius 2 is 1.31 bits per heavy atom. The number of nitrogens with one attached hydrogen (secondary N) is 2. The number of amides is 2. The average molecular weight is 533 g/mol. The highest BCUT2D eigenvalue weighted by Gasteiger charge is 2.36. The van der Waals surface area contributed by atoms with E-state index < -0.39 is 6.04 Å². The van der Waals surface area contributed by atoms with Crippen molar-refractivity contribution in [1.29, 1.82) is 0 Å². The molecule has 2 N–H and O–H groups in total. The number of hydrogen-bond acceptors (Lipinski definition) is 3. The van der Waals surface area contributed by atoms with E-state index in [-0.39, 0.29) is 17.7 Å². The monoisotopic (exact) mass is 532 g/mol. The van der Waals surface area contributed by atoms with Gasteiger partial charge in [-0.3, -0.25) is 4.90 Å². The topological polar surface area (TPSA) is 47.6 Å². The minimum atomic E-state index is -0.502. The molecule has 3 aromatic carbocycles. The average Bonchev–Trinajstić information content (AvgIpc) is 2.93. The van der Waals surface area contributed by atoms with Gasteiger partial charge in [-0.25, -0.2) is 13.6 Å². The van der Waals surface area contributed by atoms with Crippen LogP contribution in [-0.2, 0) is 0 Å². The number of likely N-dealkylation sites (tertiary alicyclic amines) is 1. The molecule has 0 bridgehead atoms. The third-order valence-corrected chi connectivity index (χ3v) is 8.07. The number of carbonyl (C=O) groups is 1. The first-order valence-electron chi connectivity index (χ1n) is 14.0. The maximum absolute atomic E-state index is 13.6. The van der Waals surface area contributed by atoms with Crippen LogP contribution < -0.4 is 10.6 Å². The molecule has 7 heteroatoms. The van der Waals surface area contributed by atoms with Crippen molar-refractivity contribution in [3.8, 4) is 0 Å². The third kappa shape index (κ3) is 6.65. The zero-order valence-electron chi connectivity index (χ0n) is 22.7. The second-order valence-electron chi connectivity index (χ2n) is 11.1. The van der Waals surface area contributed by atoms with Gasteiger partial charge < -0.3 is 15.5 Å². The SMILES string of the molecule is CC1CN(C(c2ccccc2)C2CCN(C(=O)NC(c3ccc(F)cc3)c3ccc(F)cc3)CC2)CC(C)N1. The Balaban J connectivity index is 1.29. The van der Waals surface area contributed by atoms with Crippen LogP contribution in [0, 0.1) is 17.6 Å². The summed E-state index contributed by atoms with van der Waals surface area (Å²) in [5.41, 5.74) is 2.84. The Labute approximate surface area is 230 Å². The molecule has 0 spiro atoms. The van der Waals surface area contributed by atoms with Crippen LogP contribution in [0.15, 0.2) is 78.9 Å². The molecule has 39 heavy (non-hydrogen) atoms. The van der Waals surface area contributed by atoms with Crippen molar-refractivity contribution in [2.24, 2.45) is 5.92 Å². The number of piperidine rings is 1. The summed E-state index contributed by atoms with van der Waals surface area (Å²) in [5, 5.41) is 6.78. The maximum atomic E-state index is 13.6. The van der Waals surface area contributed by atoms with E-state index in [1.807, 2.05) is 4.90 Å². The van der Waals surface area contributed by atoms with Crippen molar-refractivity contribution in [2.45, 2.75) is 50.9 Å². The highest BCUT2D eigenvalue weighted by atomic mass is 19.1. The Hall–Kier alpha value is -3.29. The smallest absolute Gasteiger partial charge is 0.318 e. The Morgan fingerprint density at radius 3 is 1.82 bits per heavy atom. The molecule has 2 amide bonds. The largest absolute Gasteiger partial charge is 0.327 e. The van der Waals surface area contributed by atoms with Crippen LogP contribution in [0.4, 0.5) is 13.6 Å². The first-order chi connectivity index (χ1) is 18.9. The molecule has 0 radical (unpaired) electrons. The third-order valence-electron chi connectivity index (χ3n) is 8.07. The molecule has 2 fully saturated rings. The molecular weight excluding hydrogens is 494 g/mol. The van der Waals surface area contributed by atoms with Crippen LogP contribution >= 0.6 is 0 Å². The summed E-state index contributed by atoms with van der Waals surface area (Å²) in [6.45, 7) is 7.82. The minimum absolute atomic E-state index is 0.159. The summed E-state index contributed by atoms with van der Waals surface area (Å²) in [4.78, 5) is 18.0. The van der Waals surface area contributed by atoms with Gasteiger partial charge in [0.05, 0.1) is 6.04 Å². The van der Waals surface area contributed by atoms with Gasteiger partial charge in [0, 0.05) is 44.3 Å². The van der Waals surface area contributed by atoms with Gasteiger partial charge in [0.15, 0.2) is 0 Å². The molecule has 5 rings (SSSR count). The molecule has 0 aliphatic carbocycles. The van der Waals surface area contributed by atoms with Crippen molar-refractivity contribution in [3.05, 3.63) is 107 Å². The number of rotatable bonds is 6. The highest BCUT2D eigenvalue weighted by Crippen LogP contribution is 2.37. The fraction of sp³-hybridized carbons (Fsp3) is 0.406. The van der Waals surface area contributed by atoms with Crippen molar-refractivity contribution < 1.29 is 13.6 Å². The zero-order chi connectivity index (χ0) is 27.4. The van der Waals surface area contributed by atoms with Gasteiger partial charge in [-0.05, 0) is 73.6 Å². The summed E-state index contributed by atoms with van der Waals surface area (Å²) < 4.78 is 27.2. The lowest BCUT2D eigenvalue weighted by Crippen LogP contribution is -2.56. The Bertz CT molecular complexity index is 1160. The number of nitrogens with zero attached hydrogens (tertiary/aromatic N) is 2. The van der Waals surface area contributed by atoms with Gasteiger partial charge >= 0.3 is 6.03 Å². The van der Waals surface area contributed by atoms with Crippen LogP contribution in [0.2, 0.25) is 0 Å². The number of piperazine rings is 1. The van der Waals surface area contributed by atoms with E-state index in [0.717, 1.165) is 37.1 Å². The van der Waals surface area contributed by atoms with E-state index in [2.05, 4.69) is 59.7 Å². The second-order valence-corrected chi connectivity index (χ2v) is 11.1. The highest BCUT2D eigenvalue weighted by molar-refractivity contribution is 5.75. The van der Waals surface area contributed by atoms with E-state index in [0.29, 0.717) is 37.1 Å². The zero-order valence-corrected chi connectivity index (χ0v) is 22.7. The van der Waals surface area contributed by atoms with Gasteiger partial charge in [-0.15, -0.1) is 0 Å². The maximum Gasteiger partial charge on any atom is 0.318 e. The van der Waals surface area contributed by atoms with Gasteiger partial charge in [-0.1, -0.05) is 54.6 Å². The number of carbonyl (C=O) groups excluding carboxylic acids is 1. The standard InChI is InChI=1S/C32H38F2N4O/c1-22-20-38(21-23(2)35-22)31(26-6-4-3-5-7-26)27-16-18-37(19-17-27)32(39)36-30(24-8-12-28(33)13-9-24)25-10-14-29(34)15-11-25/h3-15,22-23,27,30-31,35H,16-21H2,1-2H3,(H,36,39). The van der Waals surface area contributed by atoms with Gasteiger partial charge in [0.1, 0.15) is 11.6 Å². The number of halogens is 2. The lowest BCUT2D eigenvalue weighted by molar-refractivity contribution is 0.0604. The van der Waals surface area contributed by atoms with Gasteiger partial charge in [0.25, 0.3) is 0 Å². The van der Waals surface area contributed by atoms with Crippen LogP contribution in [0.25, 0.3) is 0 Å². The molecule has 2 heterocycles. The summed E-state index contributed by atoms with van der Waals surface area (Å²) in [5.74, 6) is -0.239. The summed E-state index contributed by atoms with van der Waals surface area (Å²) in [7, 11) is 0. The van der Waals surface area contributed by atoms with Crippen molar-refractivity contribution >= 4 is 6.03 Å². The van der Waals surface area contributed by atoms with Crippen LogP contribution in [0.3, 0.4) is 0 Å². The van der Waals surface area contributed by atoms with E-state index in [1.54, 1.807) is 24.3 Å². The van der Waals surface area contributed by atoms with Crippen molar-refractivity contribution in [3.63, 3.8) is 0 Å². The first kappa shape index (κ1) is 27.3. The van der Waals surface area contributed by atoms with Gasteiger partial charge in [0.2, 0.25) is 0 Å². The van der Waals surface area contributed by atoms with Crippen LogP contribution in [-0.4, -0.2) is 54.1 Å². The molecule has 0 aromatic heterocycles. The molecule has 0 saturated carbocycles. The van der Waals surface area contributed by atoms with Crippen molar-refractivity contribution in [1.82, 2.24) is 20.4 Å². The predicted molar refractivity (Wildman–Crippen MR) is 150 cm³/mol. The normalized spacial score (nSPS) is 21.6. The molecule has 3 atom stereocenters.